The van der Waals surface area contributed by atoms with Crippen molar-refractivity contribution in [3.63, 3.8) is 0 Å². The highest BCUT2D eigenvalue weighted by Crippen LogP contribution is 2.24. The van der Waals surface area contributed by atoms with Crippen molar-refractivity contribution < 1.29 is 35.9 Å². The van der Waals surface area contributed by atoms with E-state index in [0.717, 1.165) is 18.4 Å². The highest BCUT2D eigenvalue weighted by Gasteiger charge is 2.31. The Bertz CT molecular complexity index is 804. The Balaban J connectivity index is 1.77. The van der Waals surface area contributed by atoms with Crippen molar-refractivity contribution in [2.24, 2.45) is 5.92 Å². The van der Waals surface area contributed by atoms with Gasteiger partial charge in [0.15, 0.2) is 0 Å². The fourth-order valence-corrected chi connectivity index (χ4v) is 3.56. The summed E-state index contributed by atoms with van der Waals surface area (Å²) in [4.78, 5) is 23.7. The van der Waals surface area contributed by atoms with Gasteiger partial charge in [-0.05, 0) is 43.0 Å². The lowest BCUT2D eigenvalue weighted by atomic mass is 9.98. The lowest BCUT2D eigenvalue weighted by Gasteiger charge is -2.30. The standard InChI is InChI=1S/C16H20F3N3O5S/c1-28(25,26)22-8-6-11(7-9-22)10-20-14(23)15(24)21-12-2-4-13(5-3-12)27-16(17,18)19/h2-5,11H,6-10H2,1H3,(H,20,23)(H,21,24). The third kappa shape index (κ3) is 7.00. The lowest BCUT2D eigenvalue weighted by molar-refractivity contribution is -0.274. The van der Waals surface area contributed by atoms with E-state index in [1.54, 1.807) is 0 Å². The summed E-state index contributed by atoms with van der Waals surface area (Å²) in [6.45, 7) is 0.943. The average molecular weight is 423 g/mol. The van der Waals surface area contributed by atoms with Crippen LogP contribution in [0.2, 0.25) is 0 Å². The lowest BCUT2D eigenvalue weighted by Crippen LogP contribution is -2.43. The molecule has 1 aromatic rings. The van der Waals surface area contributed by atoms with Crippen molar-refractivity contribution in [3.05, 3.63) is 24.3 Å². The van der Waals surface area contributed by atoms with Gasteiger partial charge >= 0.3 is 18.2 Å². The quantitative estimate of drug-likeness (QED) is 0.695. The zero-order valence-electron chi connectivity index (χ0n) is 15.0. The van der Waals surface area contributed by atoms with Crippen molar-refractivity contribution in [2.45, 2.75) is 19.2 Å². The minimum atomic E-state index is -4.82. The van der Waals surface area contributed by atoms with Gasteiger partial charge in [0.25, 0.3) is 0 Å². The number of carbonyl (C=O) groups excluding carboxylic acids is 2. The van der Waals surface area contributed by atoms with Crippen LogP contribution in [0.15, 0.2) is 24.3 Å². The van der Waals surface area contributed by atoms with Crippen molar-refractivity contribution in [2.75, 3.05) is 31.2 Å². The first kappa shape index (κ1) is 22.0. The summed E-state index contributed by atoms with van der Waals surface area (Å²) in [6.07, 6.45) is -2.55. The van der Waals surface area contributed by atoms with Gasteiger partial charge < -0.3 is 15.4 Å². The first-order valence-corrected chi connectivity index (χ1v) is 10.2. The van der Waals surface area contributed by atoms with Gasteiger partial charge in [-0.25, -0.2) is 12.7 Å². The number of nitrogens with one attached hydrogen (secondary N) is 2. The van der Waals surface area contributed by atoms with Crippen LogP contribution < -0.4 is 15.4 Å². The second kappa shape index (κ2) is 8.78. The molecule has 0 aromatic heterocycles. The van der Waals surface area contributed by atoms with Gasteiger partial charge in [-0.2, -0.15) is 0 Å². The molecule has 0 aliphatic carbocycles. The number of hydrogen-bond donors (Lipinski definition) is 2. The third-order valence-corrected chi connectivity index (χ3v) is 5.45. The maximum atomic E-state index is 12.1. The number of hydrogen-bond acceptors (Lipinski definition) is 5. The molecule has 0 radical (unpaired) electrons. The van der Waals surface area contributed by atoms with E-state index < -0.39 is 33.9 Å². The first-order valence-electron chi connectivity index (χ1n) is 8.34. The SMILES string of the molecule is CS(=O)(=O)N1CCC(CNC(=O)C(=O)Nc2ccc(OC(F)(F)F)cc2)CC1. The summed E-state index contributed by atoms with van der Waals surface area (Å²) in [7, 11) is -3.23. The summed E-state index contributed by atoms with van der Waals surface area (Å²) in [5.74, 6) is -2.25. The third-order valence-electron chi connectivity index (χ3n) is 4.15. The number of halogens is 3. The molecule has 0 bridgehead atoms. The number of nitrogens with zero attached hydrogens (tertiary/aromatic N) is 1. The number of alkyl halides is 3. The summed E-state index contributed by atoms with van der Waals surface area (Å²) in [5, 5.41) is 4.75. The van der Waals surface area contributed by atoms with Gasteiger partial charge in [0, 0.05) is 25.3 Å². The Morgan fingerprint density at radius 3 is 2.21 bits per heavy atom. The van der Waals surface area contributed by atoms with Crippen LogP contribution in [-0.2, 0) is 19.6 Å². The highest BCUT2D eigenvalue weighted by atomic mass is 32.2. The topological polar surface area (TPSA) is 105 Å². The molecule has 8 nitrogen and oxygen atoms in total. The van der Waals surface area contributed by atoms with E-state index in [4.69, 9.17) is 0 Å². The highest BCUT2D eigenvalue weighted by molar-refractivity contribution is 7.88. The Labute approximate surface area is 160 Å². The number of carbonyl (C=O) groups is 2. The predicted molar refractivity (Wildman–Crippen MR) is 93.9 cm³/mol. The van der Waals surface area contributed by atoms with Gasteiger partial charge in [-0.3, -0.25) is 9.59 Å². The van der Waals surface area contributed by atoms with Crippen LogP contribution in [0.25, 0.3) is 0 Å². The Morgan fingerprint density at radius 1 is 1.14 bits per heavy atom. The van der Waals surface area contributed by atoms with Crippen LogP contribution in [0.1, 0.15) is 12.8 Å². The molecule has 1 saturated heterocycles. The van der Waals surface area contributed by atoms with Crippen LogP contribution >= 0.6 is 0 Å². The second-order valence-corrected chi connectivity index (χ2v) is 8.32. The Kier molecular flexibility index (Phi) is 6.88. The Morgan fingerprint density at radius 2 is 1.71 bits per heavy atom. The molecular formula is C16H20F3N3O5S. The van der Waals surface area contributed by atoms with Crippen LogP contribution in [0.4, 0.5) is 18.9 Å². The zero-order valence-corrected chi connectivity index (χ0v) is 15.8. The van der Waals surface area contributed by atoms with Crippen molar-refractivity contribution in [1.29, 1.82) is 0 Å². The molecule has 1 aliphatic heterocycles. The molecule has 28 heavy (non-hydrogen) atoms. The van der Waals surface area contributed by atoms with Gasteiger partial charge in [0.1, 0.15) is 5.75 Å². The molecule has 2 amide bonds. The monoisotopic (exact) mass is 423 g/mol. The smallest absolute Gasteiger partial charge is 0.406 e. The molecule has 1 aliphatic rings. The first-order chi connectivity index (χ1) is 12.9. The number of anilines is 1. The maximum Gasteiger partial charge on any atom is 0.573 e. The van der Waals surface area contributed by atoms with E-state index in [-0.39, 0.29) is 18.2 Å². The minimum Gasteiger partial charge on any atom is -0.406 e. The molecule has 1 heterocycles. The normalized spacial score (nSPS) is 16.4. The number of rotatable bonds is 5. The van der Waals surface area contributed by atoms with Crippen molar-refractivity contribution in [1.82, 2.24) is 9.62 Å². The number of benzene rings is 1. The van der Waals surface area contributed by atoms with E-state index in [1.165, 1.54) is 16.4 Å². The molecular weight excluding hydrogens is 403 g/mol. The molecule has 1 fully saturated rings. The summed E-state index contributed by atoms with van der Waals surface area (Å²) in [5.41, 5.74) is 0.135. The summed E-state index contributed by atoms with van der Waals surface area (Å²) < 4.78 is 64.3. The molecule has 0 saturated carbocycles. The predicted octanol–water partition coefficient (Wildman–Crippen LogP) is 1.31. The molecule has 1 aromatic carbocycles. The Hall–Kier alpha value is -2.34. The number of sulfonamides is 1. The average Bonchev–Trinajstić information content (AvgIpc) is 2.59. The number of amides is 2. The molecule has 2 rings (SSSR count). The van der Waals surface area contributed by atoms with Gasteiger partial charge in [-0.1, -0.05) is 0 Å². The molecule has 0 atom stereocenters. The van der Waals surface area contributed by atoms with E-state index >= 15 is 0 Å². The molecule has 0 unspecified atom stereocenters. The summed E-state index contributed by atoms with van der Waals surface area (Å²) in [6, 6.07) is 4.37. The number of ether oxygens (including phenoxy) is 1. The van der Waals surface area contributed by atoms with Gasteiger partial charge in [-0.15, -0.1) is 13.2 Å². The van der Waals surface area contributed by atoms with Crippen LogP contribution in [0, 0.1) is 5.92 Å². The molecule has 2 N–H and O–H groups in total. The molecule has 12 heteroatoms. The van der Waals surface area contributed by atoms with Crippen LogP contribution in [-0.4, -0.2) is 56.8 Å². The summed E-state index contributed by atoms with van der Waals surface area (Å²) >= 11 is 0. The van der Waals surface area contributed by atoms with Gasteiger partial charge in [0.05, 0.1) is 6.26 Å². The van der Waals surface area contributed by atoms with Crippen molar-refractivity contribution >= 4 is 27.5 Å². The second-order valence-electron chi connectivity index (χ2n) is 6.34. The fourth-order valence-electron chi connectivity index (χ4n) is 2.69. The largest absolute Gasteiger partial charge is 0.573 e. The zero-order chi connectivity index (χ0) is 20.9. The fraction of sp³-hybridized carbons (Fsp3) is 0.500. The number of piperidine rings is 1. The minimum absolute atomic E-state index is 0.0496. The molecule has 156 valence electrons. The van der Waals surface area contributed by atoms with Crippen LogP contribution in [0.3, 0.4) is 0 Å². The van der Waals surface area contributed by atoms with Crippen molar-refractivity contribution in [3.8, 4) is 5.75 Å². The van der Waals surface area contributed by atoms with E-state index in [9.17, 15) is 31.2 Å². The van der Waals surface area contributed by atoms with Gasteiger partial charge in [0.2, 0.25) is 10.0 Å². The van der Waals surface area contributed by atoms with E-state index in [1.807, 2.05) is 0 Å². The maximum absolute atomic E-state index is 12.1. The van der Waals surface area contributed by atoms with E-state index in [0.29, 0.717) is 25.9 Å². The van der Waals surface area contributed by atoms with Crippen LogP contribution in [0.5, 0.6) is 5.75 Å². The van der Waals surface area contributed by atoms with E-state index in [2.05, 4.69) is 15.4 Å². The molecule has 0 spiro atoms.